The summed E-state index contributed by atoms with van der Waals surface area (Å²) in [4.78, 5) is 4.73. The van der Waals surface area contributed by atoms with Crippen molar-refractivity contribution >= 4 is 5.69 Å². The van der Waals surface area contributed by atoms with Gasteiger partial charge in [-0.25, -0.2) is 4.39 Å². The number of piperazine rings is 1. The number of benzene rings is 1. The van der Waals surface area contributed by atoms with Crippen LogP contribution in [0.1, 0.15) is 46.5 Å². The third-order valence-corrected chi connectivity index (χ3v) is 5.93. The molecular weight excluding hydrogens is 299 g/mol. The van der Waals surface area contributed by atoms with Gasteiger partial charge in [0, 0.05) is 32.7 Å². The molecule has 1 aliphatic carbocycles. The summed E-state index contributed by atoms with van der Waals surface area (Å²) in [6.45, 7) is 12.2. The second-order valence-corrected chi connectivity index (χ2v) is 8.03. The Morgan fingerprint density at radius 3 is 2.46 bits per heavy atom. The molecule has 0 amide bonds. The Labute approximate surface area is 146 Å². The van der Waals surface area contributed by atoms with E-state index < -0.39 is 0 Å². The Kier molecular flexibility index (Phi) is 5.29. The fourth-order valence-corrected chi connectivity index (χ4v) is 4.42. The van der Waals surface area contributed by atoms with Gasteiger partial charge in [-0.3, -0.25) is 4.90 Å². The van der Waals surface area contributed by atoms with Crippen molar-refractivity contribution in [3.63, 3.8) is 0 Å². The molecule has 0 saturated carbocycles. The Balaban J connectivity index is 1.54. The fraction of sp³-hybridized carbons (Fsp3) is 0.619. The summed E-state index contributed by atoms with van der Waals surface area (Å²) in [5.74, 6) is -0.101. The summed E-state index contributed by atoms with van der Waals surface area (Å²) >= 11 is 0. The van der Waals surface area contributed by atoms with Gasteiger partial charge < -0.3 is 4.90 Å². The standard InChI is InChI=1S/C21H31FN2/c1-17-7-6-11-21(2,3)18(17)10-12-23-13-15-24(16-14-23)20-9-5-4-8-19(20)22/h4-5,8-9H,6-7,10-16H2,1-3H3. The van der Waals surface area contributed by atoms with Gasteiger partial charge in [-0.2, -0.15) is 0 Å². The lowest BCUT2D eigenvalue weighted by molar-refractivity contribution is 0.248. The molecule has 1 aromatic carbocycles. The summed E-state index contributed by atoms with van der Waals surface area (Å²) in [5, 5.41) is 0. The Bertz CT molecular complexity index is 598. The molecule has 0 atom stereocenters. The first-order valence-electron chi connectivity index (χ1n) is 9.38. The highest BCUT2D eigenvalue weighted by molar-refractivity contribution is 5.48. The first-order valence-corrected chi connectivity index (χ1v) is 9.38. The molecule has 1 heterocycles. The van der Waals surface area contributed by atoms with Crippen molar-refractivity contribution in [2.24, 2.45) is 5.41 Å². The molecule has 1 aliphatic heterocycles. The molecule has 1 fully saturated rings. The van der Waals surface area contributed by atoms with Crippen LogP contribution in [-0.2, 0) is 0 Å². The predicted molar refractivity (Wildman–Crippen MR) is 100 cm³/mol. The Morgan fingerprint density at radius 1 is 1.08 bits per heavy atom. The monoisotopic (exact) mass is 330 g/mol. The number of anilines is 1. The largest absolute Gasteiger partial charge is 0.367 e. The minimum absolute atomic E-state index is 0.101. The van der Waals surface area contributed by atoms with E-state index in [2.05, 4.69) is 30.6 Å². The van der Waals surface area contributed by atoms with Crippen LogP contribution in [0.15, 0.2) is 35.4 Å². The van der Waals surface area contributed by atoms with E-state index in [9.17, 15) is 4.39 Å². The molecule has 0 N–H and O–H groups in total. The lowest BCUT2D eigenvalue weighted by Crippen LogP contribution is -2.47. The first kappa shape index (κ1) is 17.5. The SMILES string of the molecule is CC1=C(CCN2CCN(c3ccccc3F)CC2)C(C)(C)CCC1. The summed E-state index contributed by atoms with van der Waals surface area (Å²) in [5.41, 5.74) is 4.43. The molecule has 1 saturated heterocycles. The highest BCUT2D eigenvalue weighted by Crippen LogP contribution is 2.41. The van der Waals surface area contributed by atoms with Crippen LogP contribution in [0.25, 0.3) is 0 Å². The molecule has 24 heavy (non-hydrogen) atoms. The van der Waals surface area contributed by atoms with Gasteiger partial charge in [-0.15, -0.1) is 0 Å². The summed E-state index contributed by atoms with van der Waals surface area (Å²) in [7, 11) is 0. The highest BCUT2D eigenvalue weighted by atomic mass is 19.1. The number of para-hydroxylation sites is 1. The third-order valence-electron chi connectivity index (χ3n) is 5.93. The van der Waals surface area contributed by atoms with E-state index in [1.54, 1.807) is 23.3 Å². The van der Waals surface area contributed by atoms with E-state index in [0.29, 0.717) is 5.41 Å². The molecule has 0 spiro atoms. The van der Waals surface area contributed by atoms with Gasteiger partial charge in [0.25, 0.3) is 0 Å². The summed E-state index contributed by atoms with van der Waals surface area (Å²) < 4.78 is 13.9. The maximum atomic E-state index is 13.9. The van der Waals surface area contributed by atoms with Crippen LogP contribution in [0.4, 0.5) is 10.1 Å². The van der Waals surface area contributed by atoms with Crippen LogP contribution in [0.3, 0.4) is 0 Å². The lowest BCUT2D eigenvalue weighted by atomic mass is 9.71. The van der Waals surface area contributed by atoms with Crippen LogP contribution < -0.4 is 4.90 Å². The van der Waals surface area contributed by atoms with Gasteiger partial charge in [-0.1, -0.05) is 37.1 Å². The smallest absolute Gasteiger partial charge is 0.146 e. The third kappa shape index (κ3) is 3.83. The van der Waals surface area contributed by atoms with E-state index in [4.69, 9.17) is 0 Å². The van der Waals surface area contributed by atoms with Crippen molar-refractivity contribution in [3.05, 3.63) is 41.2 Å². The van der Waals surface area contributed by atoms with Crippen molar-refractivity contribution in [2.75, 3.05) is 37.6 Å². The molecule has 2 aliphatic rings. The predicted octanol–water partition coefficient (Wildman–Crippen LogP) is 4.86. The molecule has 3 rings (SSSR count). The highest BCUT2D eigenvalue weighted by Gasteiger charge is 2.28. The number of rotatable bonds is 4. The molecule has 0 unspecified atom stereocenters. The van der Waals surface area contributed by atoms with Gasteiger partial charge in [0.1, 0.15) is 5.82 Å². The van der Waals surface area contributed by atoms with Crippen LogP contribution in [0.2, 0.25) is 0 Å². The molecule has 0 bridgehead atoms. The van der Waals surface area contributed by atoms with E-state index in [1.165, 1.54) is 25.7 Å². The lowest BCUT2D eigenvalue weighted by Gasteiger charge is -2.39. The van der Waals surface area contributed by atoms with Gasteiger partial charge in [0.15, 0.2) is 0 Å². The molecule has 0 radical (unpaired) electrons. The van der Waals surface area contributed by atoms with Crippen LogP contribution in [-0.4, -0.2) is 37.6 Å². The van der Waals surface area contributed by atoms with Crippen LogP contribution in [0, 0.1) is 11.2 Å². The van der Waals surface area contributed by atoms with E-state index in [-0.39, 0.29) is 5.82 Å². The Morgan fingerprint density at radius 2 is 1.79 bits per heavy atom. The molecule has 3 heteroatoms. The fourth-order valence-electron chi connectivity index (χ4n) is 4.42. The maximum absolute atomic E-state index is 13.9. The normalized spacial score (nSPS) is 22.1. The van der Waals surface area contributed by atoms with Crippen molar-refractivity contribution in [2.45, 2.75) is 46.5 Å². The van der Waals surface area contributed by atoms with Gasteiger partial charge in [0.2, 0.25) is 0 Å². The molecule has 2 nitrogen and oxygen atoms in total. The minimum Gasteiger partial charge on any atom is -0.367 e. The van der Waals surface area contributed by atoms with E-state index in [0.717, 1.165) is 38.4 Å². The maximum Gasteiger partial charge on any atom is 0.146 e. The molecule has 1 aromatic rings. The quantitative estimate of drug-likeness (QED) is 0.727. The van der Waals surface area contributed by atoms with E-state index >= 15 is 0 Å². The zero-order valence-electron chi connectivity index (χ0n) is 15.4. The first-order chi connectivity index (χ1) is 11.5. The topological polar surface area (TPSA) is 6.48 Å². The van der Waals surface area contributed by atoms with E-state index in [1.807, 2.05) is 12.1 Å². The minimum atomic E-state index is -0.101. The summed E-state index contributed by atoms with van der Waals surface area (Å²) in [6.07, 6.45) is 5.13. The number of halogens is 1. The summed E-state index contributed by atoms with van der Waals surface area (Å²) in [6, 6.07) is 7.13. The zero-order valence-corrected chi connectivity index (χ0v) is 15.4. The van der Waals surface area contributed by atoms with Gasteiger partial charge >= 0.3 is 0 Å². The number of hydrogen-bond donors (Lipinski definition) is 0. The number of allylic oxidation sites excluding steroid dienone is 1. The second kappa shape index (κ2) is 7.26. The zero-order chi connectivity index (χ0) is 17.2. The number of nitrogens with zero attached hydrogens (tertiary/aromatic N) is 2. The van der Waals surface area contributed by atoms with Crippen molar-refractivity contribution in [1.82, 2.24) is 4.90 Å². The van der Waals surface area contributed by atoms with Crippen LogP contribution in [0.5, 0.6) is 0 Å². The van der Waals surface area contributed by atoms with Crippen LogP contribution >= 0.6 is 0 Å². The average Bonchev–Trinajstić information content (AvgIpc) is 2.55. The second-order valence-electron chi connectivity index (χ2n) is 8.03. The van der Waals surface area contributed by atoms with Crippen molar-refractivity contribution in [1.29, 1.82) is 0 Å². The number of hydrogen-bond acceptors (Lipinski definition) is 2. The molecule has 0 aromatic heterocycles. The van der Waals surface area contributed by atoms with Gasteiger partial charge in [-0.05, 0) is 50.2 Å². The average molecular weight is 330 g/mol. The molecule has 132 valence electrons. The van der Waals surface area contributed by atoms with Gasteiger partial charge in [0.05, 0.1) is 5.69 Å². The van der Waals surface area contributed by atoms with Crippen molar-refractivity contribution < 1.29 is 4.39 Å². The Hall–Kier alpha value is -1.35. The van der Waals surface area contributed by atoms with Crippen molar-refractivity contribution in [3.8, 4) is 0 Å². The molecular formula is C21H31FN2.